The normalized spacial score (nSPS) is 11.8. The summed E-state index contributed by atoms with van der Waals surface area (Å²) in [5, 5.41) is 9.63. The molecule has 11 rings (SSSR count). The Kier molecular flexibility index (Phi) is 6.76. The van der Waals surface area contributed by atoms with E-state index in [1.165, 1.54) is 64.0 Å². The van der Waals surface area contributed by atoms with E-state index in [-0.39, 0.29) is 0 Å². The molecule has 53 heavy (non-hydrogen) atoms. The predicted molar refractivity (Wildman–Crippen MR) is 227 cm³/mol. The standard InChI is InChI=1S/C50H31NOS/c1-2-10-32(11-3-1)33-20-25-37(26-21-33)51(38-27-22-36(23-28-38)40-17-8-14-34-12-4-6-15-39(34)40)43-18-9-19-45-48(43)49-46(53-45)31-29-42-47-41-16-7-5-13-35(41)24-30-44(47)52-50(42)49/h1-31H. The van der Waals surface area contributed by atoms with Crippen LogP contribution in [0.3, 0.4) is 0 Å². The highest BCUT2D eigenvalue weighted by Gasteiger charge is 2.22. The number of anilines is 3. The van der Waals surface area contributed by atoms with Crippen molar-refractivity contribution >= 4 is 92.1 Å². The fraction of sp³-hybridized carbons (Fsp3) is 0. The van der Waals surface area contributed by atoms with Gasteiger partial charge in [-0.15, -0.1) is 11.3 Å². The molecule has 0 bridgehead atoms. The average Bonchev–Trinajstić information content (AvgIpc) is 3.81. The van der Waals surface area contributed by atoms with Crippen molar-refractivity contribution in [1.82, 2.24) is 0 Å². The molecule has 3 heteroatoms. The van der Waals surface area contributed by atoms with Crippen molar-refractivity contribution in [2.24, 2.45) is 0 Å². The molecule has 2 heterocycles. The third kappa shape index (κ3) is 4.78. The lowest BCUT2D eigenvalue weighted by molar-refractivity contribution is 0.673. The van der Waals surface area contributed by atoms with E-state index in [0.717, 1.165) is 39.0 Å². The second-order valence-electron chi connectivity index (χ2n) is 13.7. The lowest BCUT2D eigenvalue weighted by atomic mass is 9.98. The maximum atomic E-state index is 6.84. The fourth-order valence-electron chi connectivity index (χ4n) is 8.20. The number of benzene rings is 9. The largest absolute Gasteiger partial charge is 0.455 e. The van der Waals surface area contributed by atoms with Crippen LogP contribution in [0, 0.1) is 0 Å². The zero-order valence-corrected chi connectivity index (χ0v) is 29.5. The fourth-order valence-corrected chi connectivity index (χ4v) is 9.33. The molecule has 0 unspecified atom stereocenters. The molecule has 0 saturated heterocycles. The van der Waals surface area contributed by atoms with Crippen LogP contribution in [-0.4, -0.2) is 0 Å². The van der Waals surface area contributed by atoms with Crippen LogP contribution in [0.2, 0.25) is 0 Å². The number of hydrogen-bond acceptors (Lipinski definition) is 3. The molecule has 9 aromatic carbocycles. The molecule has 0 aliphatic heterocycles. The topological polar surface area (TPSA) is 16.4 Å². The van der Waals surface area contributed by atoms with E-state index in [9.17, 15) is 0 Å². The highest BCUT2D eigenvalue weighted by molar-refractivity contribution is 7.26. The maximum Gasteiger partial charge on any atom is 0.144 e. The zero-order valence-electron chi connectivity index (χ0n) is 28.7. The minimum Gasteiger partial charge on any atom is -0.455 e. The van der Waals surface area contributed by atoms with Crippen LogP contribution in [-0.2, 0) is 0 Å². The van der Waals surface area contributed by atoms with Gasteiger partial charge in [0.05, 0.1) is 5.69 Å². The summed E-state index contributed by atoms with van der Waals surface area (Å²) in [6.45, 7) is 0. The number of rotatable bonds is 5. The van der Waals surface area contributed by atoms with Crippen LogP contribution < -0.4 is 4.90 Å². The Labute approximate surface area is 310 Å². The molecule has 0 saturated carbocycles. The summed E-state index contributed by atoms with van der Waals surface area (Å²) in [5.74, 6) is 0. The smallest absolute Gasteiger partial charge is 0.144 e. The van der Waals surface area contributed by atoms with Gasteiger partial charge in [-0.05, 0) is 98.4 Å². The van der Waals surface area contributed by atoms with Gasteiger partial charge in [-0.25, -0.2) is 0 Å². The summed E-state index contributed by atoms with van der Waals surface area (Å²) >= 11 is 1.83. The summed E-state index contributed by atoms with van der Waals surface area (Å²) in [5.41, 5.74) is 10.00. The molecule has 0 amide bonds. The molecular weight excluding hydrogens is 663 g/mol. The first-order valence-corrected chi connectivity index (χ1v) is 18.8. The number of furan rings is 1. The molecule has 0 atom stereocenters. The van der Waals surface area contributed by atoms with E-state index in [0.29, 0.717) is 0 Å². The first-order valence-electron chi connectivity index (χ1n) is 18.0. The van der Waals surface area contributed by atoms with Crippen LogP contribution in [0.5, 0.6) is 0 Å². The zero-order chi connectivity index (χ0) is 34.9. The van der Waals surface area contributed by atoms with Crippen LogP contribution in [0.15, 0.2) is 192 Å². The molecule has 0 spiro atoms. The number of hydrogen-bond donors (Lipinski definition) is 0. The van der Waals surface area contributed by atoms with Crippen molar-refractivity contribution in [2.75, 3.05) is 4.90 Å². The second-order valence-corrected chi connectivity index (χ2v) is 14.7. The van der Waals surface area contributed by atoms with Gasteiger partial charge in [0.15, 0.2) is 0 Å². The van der Waals surface area contributed by atoms with Crippen LogP contribution in [0.25, 0.3) is 85.9 Å². The van der Waals surface area contributed by atoms with Crippen LogP contribution in [0.1, 0.15) is 0 Å². The first-order chi connectivity index (χ1) is 26.3. The molecule has 248 valence electrons. The quantitative estimate of drug-likeness (QED) is 0.178. The summed E-state index contributed by atoms with van der Waals surface area (Å²) in [6, 6.07) is 67.9. The molecule has 2 aromatic heterocycles. The van der Waals surface area contributed by atoms with Gasteiger partial charge in [0, 0.05) is 42.3 Å². The van der Waals surface area contributed by atoms with Crippen molar-refractivity contribution in [3.8, 4) is 22.3 Å². The maximum absolute atomic E-state index is 6.84. The summed E-state index contributed by atoms with van der Waals surface area (Å²) in [7, 11) is 0. The molecule has 0 N–H and O–H groups in total. The van der Waals surface area contributed by atoms with E-state index in [1.54, 1.807) is 0 Å². The summed E-state index contributed by atoms with van der Waals surface area (Å²) in [4.78, 5) is 2.41. The molecule has 0 radical (unpaired) electrons. The highest BCUT2D eigenvalue weighted by Crippen LogP contribution is 2.49. The van der Waals surface area contributed by atoms with Gasteiger partial charge in [0.2, 0.25) is 0 Å². The Morgan fingerprint density at radius 3 is 1.79 bits per heavy atom. The van der Waals surface area contributed by atoms with Gasteiger partial charge >= 0.3 is 0 Å². The van der Waals surface area contributed by atoms with E-state index in [1.807, 2.05) is 11.3 Å². The molecule has 0 fully saturated rings. The van der Waals surface area contributed by atoms with E-state index >= 15 is 0 Å². The van der Waals surface area contributed by atoms with Gasteiger partial charge in [0.1, 0.15) is 11.2 Å². The van der Waals surface area contributed by atoms with Crippen molar-refractivity contribution in [3.63, 3.8) is 0 Å². The molecule has 0 aliphatic carbocycles. The Hall–Kier alpha value is -6.68. The van der Waals surface area contributed by atoms with Gasteiger partial charge in [-0.2, -0.15) is 0 Å². The van der Waals surface area contributed by atoms with Crippen molar-refractivity contribution in [2.45, 2.75) is 0 Å². The lowest BCUT2D eigenvalue weighted by Gasteiger charge is -2.27. The number of nitrogens with zero attached hydrogens (tertiary/aromatic N) is 1. The Balaban J connectivity index is 1.15. The Morgan fingerprint density at radius 1 is 0.377 bits per heavy atom. The Morgan fingerprint density at radius 2 is 1.00 bits per heavy atom. The summed E-state index contributed by atoms with van der Waals surface area (Å²) < 4.78 is 9.29. The van der Waals surface area contributed by atoms with Gasteiger partial charge < -0.3 is 9.32 Å². The van der Waals surface area contributed by atoms with Crippen LogP contribution >= 0.6 is 11.3 Å². The highest BCUT2D eigenvalue weighted by atomic mass is 32.1. The minimum absolute atomic E-state index is 0.917. The van der Waals surface area contributed by atoms with Crippen molar-refractivity contribution in [3.05, 3.63) is 188 Å². The molecule has 11 aromatic rings. The Bertz CT molecular complexity index is 3150. The van der Waals surface area contributed by atoms with Crippen LogP contribution in [0.4, 0.5) is 17.1 Å². The molecule has 2 nitrogen and oxygen atoms in total. The van der Waals surface area contributed by atoms with Gasteiger partial charge in [0.25, 0.3) is 0 Å². The predicted octanol–water partition coefficient (Wildman–Crippen LogP) is 15.1. The lowest BCUT2D eigenvalue weighted by Crippen LogP contribution is -2.10. The minimum atomic E-state index is 0.917. The second kappa shape index (κ2) is 11.9. The third-order valence-corrected chi connectivity index (χ3v) is 11.8. The monoisotopic (exact) mass is 693 g/mol. The molecular formula is C50H31NOS. The number of fused-ring (bicyclic) bond motifs is 10. The summed E-state index contributed by atoms with van der Waals surface area (Å²) in [6.07, 6.45) is 0. The molecule has 0 aliphatic rings. The third-order valence-electron chi connectivity index (χ3n) is 10.7. The van der Waals surface area contributed by atoms with Crippen molar-refractivity contribution < 1.29 is 4.42 Å². The van der Waals surface area contributed by atoms with Gasteiger partial charge in [-0.3, -0.25) is 0 Å². The van der Waals surface area contributed by atoms with Gasteiger partial charge in [-0.1, -0.05) is 133 Å². The van der Waals surface area contributed by atoms with Crippen molar-refractivity contribution in [1.29, 1.82) is 0 Å². The van der Waals surface area contributed by atoms with E-state index in [4.69, 9.17) is 4.42 Å². The number of thiophene rings is 1. The van der Waals surface area contributed by atoms with E-state index in [2.05, 4.69) is 193 Å². The van der Waals surface area contributed by atoms with E-state index < -0.39 is 0 Å². The first kappa shape index (κ1) is 30.0. The average molecular weight is 694 g/mol. The SMILES string of the molecule is c1ccc(-c2ccc(N(c3ccc(-c4cccc5ccccc45)cc3)c3cccc4sc5ccc6c(oc7ccc8ccccc8c76)c5c34)cc2)cc1.